The number of urea groups is 1. The van der Waals surface area contributed by atoms with E-state index in [1.54, 1.807) is 25.1 Å². The van der Waals surface area contributed by atoms with Crippen molar-refractivity contribution in [3.8, 4) is 11.5 Å². The van der Waals surface area contributed by atoms with Crippen molar-refractivity contribution in [1.82, 2.24) is 14.7 Å². The molecule has 0 spiro atoms. The third kappa shape index (κ3) is 4.85. The number of rotatable bonds is 10. The van der Waals surface area contributed by atoms with Gasteiger partial charge in [0, 0.05) is 19.6 Å². The molecule has 1 fully saturated rings. The van der Waals surface area contributed by atoms with Gasteiger partial charge in [0.15, 0.2) is 11.5 Å². The molecule has 0 radical (unpaired) electrons. The van der Waals surface area contributed by atoms with E-state index < -0.39 is 30.3 Å². The van der Waals surface area contributed by atoms with Crippen LogP contribution in [0, 0.1) is 0 Å². The molecule has 9 nitrogen and oxygen atoms in total. The van der Waals surface area contributed by atoms with Crippen molar-refractivity contribution in [2.75, 3.05) is 33.9 Å². The van der Waals surface area contributed by atoms with E-state index in [1.807, 2.05) is 6.92 Å². The minimum Gasteiger partial charge on any atom is -0.493 e. The molecule has 1 saturated heterocycles. The first-order valence-electron chi connectivity index (χ1n) is 9.53. The predicted octanol–water partition coefficient (Wildman–Crippen LogP) is 1.64. The zero-order chi connectivity index (χ0) is 21.6. The number of hydrogen-bond donors (Lipinski definition) is 0. The molecule has 1 aromatic carbocycles. The molecule has 1 aliphatic rings. The van der Waals surface area contributed by atoms with Gasteiger partial charge < -0.3 is 14.4 Å². The second-order valence-corrected chi connectivity index (χ2v) is 6.58. The summed E-state index contributed by atoms with van der Waals surface area (Å²) in [5, 5.41) is 0. The highest BCUT2D eigenvalue weighted by Crippen LogP contribution is 2.28. The number of amides is 5. The van der Waals surface area contributed by atoms with E-state index in [0.29, 0.717) is 24.5 Å². The Morgan fingerprint density at radius 3 is 2.24 bits per heavy atom. The van der Waals surface area contributed by atoms with Crippen molar-refractivity contribution in [3.63, 3.8) is 0 Å². The van der Waals surface area contributed by atoms with Crippen molar-refractivity contribution < 1.29 is 28.7 Å². The highest BCUT2D eigenvalue weighted by atomic mass is 16.5. The summed E-state index contributed by atoms with van der Waals surface area (Å²) in [6, 6.07) is 4.57. The van der Waals surface area contributed by atoms with Crippen molar-refractivity contribution in [3.05, 3.63) is 23.8 Å². The molecule has 0 N–H and O–H groups in total. The summed E-state index contributed by atoms with van der Waals surface area (Å²) >= 11 is 0. The molecule has 9 heteroatoms. The van der Waals surface area contributed by atoms with Crippen LogP contribution in [-0.2, 0) is 20.9 Å². The number of nitrogens with zero attached hydrogens (tertiary/aromatic N) is 3. The van der Waals surface area contributed by atoms with Gasteiger partial charge in [0.25, 0.3) is 0 Å². The topological polar surface area (TPSA) is 96.5 Å². The van der Waals surface area contributed by atoms with Crippen molar-refractivity contribution in [2.45, 2.75) is 33.2 Å². The lowest BCUT2D eigenvalue weighted by Gasteiger charge is -2.23. The lowest BCUT2D eigenvalue weighted by Crippen LogP contribution is -2.43. The predicted molar refractivity (Wildman–Crippen MR) is 104 cm³/mol. The van der Waals surface area contributed by atoms with Gasteiger partial charge in [-0.2, -0.15) is 0 Å². The molecule has 29 heavy (non-hydrogen) atoms. The lowest BCUT2D eigenvalue weighted by atomic mass is 10.2. The van der Waals surface area contributed by atoms with Gasteiger partial charge in [-0.15, -0.1) is 0 Å². The van der Waals surface area contributed by atoms with Crippen LogP contribution in [0.25, 0.3) is 0 Å². The van der Waals surface area contributed by atoms with Crippen LogP contribution in [0.5, 0.6) is 11.5 Å². The molecule has 0 saturated carbocycles. The zero-order valence-electron chi connectivity index (χ0n) is 17.3. The van der Waals surface area contributed by atoms with E-state index in [9.17, 15) is 19.2 Å². The summed E-state index contributed by atoms with van der Waals surface area (Å²) in [5.74, 6) is -1.14. The van der Waals surface area contributed by atoms with Crippen LogP contribution >= 0.6 is 0 Å². The Kier molecular flexibility index (Phi) is 7.58. The van der Waals surface area contributed by atoms with Crippen molar-refractivity contribution >= 4 is 23.8 Å². The lowest BCUT2D eigenvalue weighted by molar-refractivity contribution is -0.145. The monoisotopic (exact) mass is 405 g/mol. The third-order valence-electron chi connectivity index (χ3n) is 4.72. The number of methoxy groups -OCH3 is 2. The van der Waals surface area contributed by atoms with E-state index in [1.165, 1.54) is 19.1 Å². The Morgan fingerprint density at radius 2 is 1.66 bits per heavy atom. The fraction of sp³-hybridized carbons (Fsp3) is 0.500. The maximum Gasteiger partial charge on any atom is 0.334 e. The van der Waals surface area contributed by atoms with Crippen LogP contribution in [0.4, 0.5) is 4.79 Å². The summed E-state index contributed by atoms with van der Waals surface area (Å²) < 4.78 is 10.5. The first kappa shape index (κ1) is 22.2. The Labute approximate surface area is 170 Å². The molecular formula is C20H27N3O6. The number of benzene rings is 1. The van der Waals surface area contributed by atoms with E-state index in [4.69, 9.17) is 9.47 Å². The van der Waals surface area contributed by atoms with Gasteiger partial charge >= 0.3 is 17.8 Å². The highest BCUT2D eigenvalue weighted by molar-refractivity contribution is 6.45. The number of hydrogen-bond acceptors (Lipinski definition) is 6. The molecule has 158 valence electrons. The Hall–Kier alpha value is -3.10. The largest absolute Gasteiger partial charge is 0.493 e. The summed E-state index contributed by atoms with van der Waals surface area (Å²) in [5.41, 5.74) is 0.803. The molecule has 2 rings (SSSR count). The summed E-state index contributed by atoms with van der Waals surface area (Å²) in [7, 11) is 3.06. The molecule has 0 bridgehead atoms. The third-order valence-corrected chi connectivity index (χ3v) is 4.72. The molecule has 0 atom stereocenters. The second-order valence-electron chi connectivity index (χ2n) is 6.58. The van der Waals surface area contributed by atoms with E-state index >= 15 is 0 Å². The van der Waals surface area contributed by atoms with Gasteiger partial charge in [-0.05, 0) is 31.0 Å². The van der Waals surface area contributed by atoms with Gasteiger partial charge in [-0.3, -0.25) is 19.3 Å². The quantitative estimate of drug-likeness (QED) is 0.434. The summed E-state index contributed by atoms with van der Waals surface area (Å²) in [6.45, 7) is 4.06. The fourth-order valence-corrected chi connectivity index (χ4v) is 3.01. The van der Waals surface area contributed by atoms with Crippen molar-refractivity contribution in [2.24, 2.45) is 0 Å². The number of imide groups is 2. The Balaban J connectivity index is 2.09. The molecule has 1 aliphatic heterocycles. The van der Waals surface area contributed by atoms with Crippen LogP contribution in [0.2, 0.25) is 0 Å². The van der Waals surface area contributed by atoms with Crippen molar-refractivity contribution in [1.29, 1.82) is 0 Å². The van der Waals surface area contributed by atoms with Gasteiger partial charge in [-0.1, -0.05) is 19.4 Å². The maximum absolute atomic E-state index is 12.7. The minimum atomic E-state index is -0.957. The number of carbonyl (C=O) groups excluding carboxylic acids is 4. The Bertz CT molecular complexity index is 794. The zero-order valence-corrected chi connectivity index (χ0v) is 17.3. The average Bonchev–Trinajstić information content (AvgIpc) is 2.93. The van der Waals surface area contributed by atoms with Crippen LogP contribution in [0.1, 0.15) is 32.3 Å². The standard InChI is InChI=1S/C20H27N3O6/c1-5-7-10-22-18(25)19(26)23(20(22)27)13-17(24)21(6-2)12-14-8-9-15(28-3)16(11-14)29-4/h8-9,11H,5-7,10,12-13H2,1-4H3. The molecule has 5 amide bonds. The molecule has 1 heterocycles. The molecule has 0 unspecified atom stereocenters. The number of likely N-dealkylation sites (N-methyl/N-ethyl adjacent to an activating group) is 1. The highest BCUT2D eigenvalue weighted by Gasteiger charge is 2.45. The van der Waals surface area contributed by atoms with Gasteiger partial charge in [-0.25, -0.2) is 9.69 Å². The fourth-order valence-electron chi connectivity index (χ4n) is 3.01. The summed E-state index contributed by atoms with van der Waals surface area (Å²) in [4.78, 5) is 52.5. The minimum absolute atomic E-state index is 0.174. The number of ether oxygens (including phenoxy) is 2. The van der Waals surface area contributed by atoms with Crippen LogP contribution in [0.3, 0.4) is 0 Å². The van der Waals surface area contributed by atoms with Crippen LogP contribution in [-0.4, -0.2) is 72.3 Å². The Morgan fingerprint density at radius 1 is 1.00 bits per heavy atom. The van der Waals surface area contributed by atoms with Crippen LogP contribution < -0.4 is 9.47 Å². The van der Waals surface area contributed by atoms with Crippen LogP contribution in [0.15, 0.2) is 18.2 Å². The maximum atomic E-state index is 12.7. The van der Waals surface area contributed by atoms with Gasteiger partial charge in [0.05, 0.1) is 14.2 Å². The average molecular weight is 405 g/mol. The normalized spacial score (nSPS) is 13.9. The smallest absolute Gasteiger partial charge is 0.334 e. The molecule has 0 aliphatic carbocycles. The second kappa shape index (κ2) is 9.90. The number of unbranched alkanes of at least 4 members (excludes halogenated alkanes) is 1. The van der Waals surface area contributed by atoms with E-state index in [-0.39, 0.29) is 13.1 Å². The SMILES string of the molecule is CCCCN1C(=O)C(=O)N(CC(=O)N(CC)Cc2ccc(OC)c(OC)c2)C1=O. The molecular weight excluding hydrogens is 378 g/mol. The van der Waals surface area contributed by atoms with Gasteiger partial charge in [0.2, 0.25) is 5.91 Å². The first-order chi connectivity index (χ1) is 13.9. The summed E-state index contributed by atoms with van der Waals surface area (Å²) in [6.07, 6.45) is 1.38. The van der Waals surface area contributed by atoms with E-state index in [2.05, 4.69) is 0 Å². The molecule has 1 aromatic rings. The number of carbonyl (C=O) groups is 4. The van der Waals surface area contributed by atoms with E-state index in [0.717, 1.165) is 21.8 Å². The van der Waals surface area contributed by atoms with Gasteiger partial charge in [0.1, 0.15) is 6.54 Å². The molecule has 0 aromatic heterocycles. The first-order valence-corrected chi connectivity index (χ1v) is 9.53.